The molecule has 9 nitrogen and oxygen atoms in total. The highest BCUT2D eigenvalue weighted by Gasteiger charge is 2.41. The molecule has 1 aromatic heterocycles. The van der Waals surface area contributed by atoms with Crippen molar-refractivity contribution < 1.29 is 24.2 Å². The minimum Gasteiger partial charge on any atom is -0.488 e. The first-order chi connectivity index (χ1) is 17.2. The first-order valence-corrected chi connectivity index (χ1v) is 12.6. The van der Waals surface area contributed by atoms with Gasteiger partial charge in [-0.25, -0.2) is 9.78 Å². The molecule has 0 unspecified atom stereocenters. The lowest BCUT2D eigenvalue weighted by molar-refractivity contribution is 0.00424. The van der Waals surface area contributed by atoms with Crippen LogP contribution in [0.15, 0.2) is 36.5 Å². The molecule has 2 amide bonds. The standard InChI is InChI=1S/C26H31ClN4O5/c1-26(2,34)17-13-30(14-17)22-12-28-21(24(32)29-11-16-3-5-18(27)6-4-16)10-23(22)36-20-7-8-31-19(9-20)15-35-25(31)33/h3-6,10,12,17,19-20,34H,7-9,11,13-15H2,1-2H3,(H,29,32)/t19-,20-/m0/s1. The maximum atomic E-state index is 12.9. The molecule has 0 radical (unpaired) electrons. The summed E-state index contributed by atoms with van der Waals surface area (Å²) in [5.41, 5.74) is 1.22. The third kappa shape index (κ3) is 5.22. The molecular formula is C26H31ClN4O5. The van der Waals surface area contributed by atoms with Crippen LogP contribution < -0.4 is 15.0 Å². The Morgan fingerprint density at radius 1 is 1.31 bits per heavy atom. The molecule has 5 rings (SSSR count). The van der Waals surface area contributed by atoms with Crippen molar-refractivity contribution in [2.24, 2.45) is 5.92 Å². The number of aromatic nitrogens is 1. The lowest BCUT2D eigenvalue weighted by atomic mass is 9.84. The lowest BCUT2D eigenvalue weighted by Gasteiger charge is -2.47. The Kier molecular flexibility index (Phi) is 6.70. The fourth-order valence-corrected chi connectivity index (χ4v) is 4.96. The molecule has 3 fully saturated rings. The van der Waals surface area contributed by atoms with Gasteiger partial charge >= 0.3 is 6.09 Å². The molecule has 1 aromatic carbocycles. The number of nitrogens with one attached hydrogen (secondary N) is 1. The van der Waals surface area contributed by atoms with Crippen molar-refractivity contribution in [2.45, 2.75) is 51.0 Å². The molecular weight excluding hydrogens is 484 g/mol. The molecule has 192 valence electrons. The molecule has 10 heteroatoms. The number of carbonyl (C=O) groups excluding carboxylic acids is 2. The van der Waals surface area contributed by atoms with E-state index in [1.165, 1.54) is 0 Å². The van der Waals surface area contributed by atoms with Gasteiger partial charge in [0.1, 0.15) is 24.2 Å². The number of aliphatic hydroxyl groups is 1. The van der Waals surface area contributed by atoms with Crippen molar-refractivity contribution >= 4 is 29.3 Å². The summed E-state index contributed by atoms with van der Waals surface area (Å²) >= 11 is 5.94. The van der Waals surface area contributed by atoms with Crippen molar-refractivity contribution in [3.05, 3.63) is 52.8 Å². The maximum absolute atomic E-state index is 12.9. The van der Waals surface area contributed by atoms with Gasteiger partial charge in [0.25, 0.3) is 5.91 Å². The van der Waals surface area contributed by atoms with Crippen LogP contribution >= 0.6 is 11.6 Å². The van der Waals surface area contributed by atoms with E-state index in [4.69, 9.17) is 21.1 Å². The van der Waals surface area contributed by atoms with E-state index in [0.29, 0.717) is 56.4 Å². The summed E-state index contributed by atoms with van der Waals surface area (Å²) < 4.78 is 11.6. The van der Waals surface area contributed by atoms with E-state index in [9.17, 15) is 14.7 Å². The summed E-state index contributed by atoms with van der Waals surface area (Å²) in [4.78, 5) is 33.0. The molecule has 3 aliphatic rings. The molecule has 3 saturated heterocycles. The molecule has 0 saturated carbocycles. The van der Waals surface area contributed by atoms with Gasteiger partial charge in [-0.1, -0.05) is 23.7 Å². The summed E-state index contributed by atoms with van der Waals surface area (Å²) in [6.45, 7) is 6.28. The number of piperidine rings is 1. The summed E-state index contributed by atoms with van der Waals surface area (Å²) in [5.74, 6) is 0.418. The highest BCUT2D eigenvalue weighted by atomic mass is 35.5. The van der Waals surface area contributed by atoms with Crippen LogP contribution in [0.2, 0.25) is 5.02 Å². The van der Waals surface area contributed by atoms with Crippen LogP contribution in [0.4, 0.5) is 10.5 Å². The van der Waals surface area contributed by atoms with Gasteiger partial charge in [0.05, 0.1) is 23.5 Å². The van der Waals surface area contributed by atoms with E-state index in [1.807, 2.05) is 26.0 Å². The minimum absolute atomic E-state index is 0.00672. The molecule has 2 atom stereocenters. The second kappa shape index (κ2) is 9.78. The van der Waals surface area contributed by atoms with Gasteiger partial charge in [-0.15, -0.1) is 0 Å². The van der Waals surface area contributed by atoms with E-state index in [1.54, 1.807) is 29.3 Å². The fraction of sp³-hybridized carbons (Fsp3) is 0.500. The number of benzene rings is 1. The van der Waals surface area contributed by atoms with Crippen LogP contribution in [-0.4, -0.2) is 71.0 Å². The van der Waals surface area contributed by atoms with Crippen LogP contribution in [0.5, 0.6) is 5.75 Å². The number of pyridine rings is 1. The number of amides is 2. The first-order valence-electron chi connectivity index (χ1n) is 12.3. The van der Waals surface area contributed by atoms with Gasteiger partial charge in [-0.2, -0.15) is 0 Å². The van der Waals surface area contributed by atoms with Gasteiger partial charge in [0, 0.05) is 56.0 Å². The highest BCUT2D eigenvalue weighted by Crippen LogP contribution is 2.38. The number of hydrogen-bond donors (Lipinski definition) is 2. The second-order valence-corrected chi connectivity index (χ2v) is 10.7. The fourth-order valence-electron chi connectivity index (χ4n) is 4.83. The number of rotatable bonds is 7. The molecule has 3 aliphatic heterocycles. The van der Waals surface area contributed by atoms with E-state index in [0.717, 1.165) is 11.3 Å². The van der Waals surface area contributed by atoms with Crippen molar-refractivity contribution in [3.63, 3.8) is 0 Å². The van der Waals surface area contributed by atoms with Crippen LogP contribution in [0.1, 0.15) is 42.7 Å². The molecule has 2 N–H and O–H groups in total. The number of fused-ring (bicyclic) bond motifs is 1. The maximum Gasteiger partial charge on any atom is 0.410 e. The van der Waals surface area contributed by atoms with Crippen molar-refractivity contribution in [1.82, 2.24) is 15.2 Å². The smallest absolute Gasteiger partial charge is 0.410 e. The van der Waals surface area contributed by atoms with E-state index in [2.05, 4.69) is 15.2 Å². The Morgan fingerprint density at radius 2 is 2.06 bits per heavy atom. The zero-order valence-electron chi connectivity index (χ0n) is 20.4. The average Bonchev–Trinajstić information content (AvgIpc) is 3.17. The van der Waals surface area contributed by atoms with Gasteiger partial charge in [0.2, 0.25) is 0 Å². The van der Waals surface area contributed by atoms with Crippen LogP contribution in [0.25, 0.3) is 0 Å². The summed E-state index contributed by atoms with van der Waals surface area (Å²) in [5, 5.41) is 13.9. The summed E-state index contributed by atoms with van der Waals surface area (Å²) in [6.07, 6.45) is 2.64. The normalized spacial score (nSPS) is 22.1. The van der Waals surface area contributed by atoms with Crippen molar-refractivity contribution in [3.8, 4) is 5.75 Å². The number of hydrogen-bond acceptors (Lipinski definition) is 7. The van der Waals surface area contributed by atoms with Crippen molar-refractivity contribution in [1.29, 1.82) is 0 Å². The predicted octanol–water partition coefficient (Wildman–Crippen LogP) is 3.23. The quantitative estimate of drug-likeness (QED) is 0.584. The van der Waals surface area contributed by atoms with Gasteiger partial charge in [0.15, 0.2) is 0 Å². The van der Waals surface area contributed by atoms with Gasteiger partial charge in [-0.3, -0.25) is 4.79 Å². The number of cyclic esters (lactones) is 1. The number of halogens is 1. The van der Waals surface area contributed by atoms with Crippen LogP contribution in [0.3, 0.4) is 0 Å². The molecule has 0 aliphatic carbocycles. The van der Waals surface area contributed by atoms with Crippen LogP contribution in [0, 0.1) is 5.92 Å². The Morgan fingerprint density at radius 3 is 2.78 bits per heavy atom. The van der Waals surface area contributed by atoms with E-state index in [-0.39, 0.29) is 35.8 Å². The van der Waals surface area contributed by atoms with Gasteiger partial charge in [-0.05, 0) is 31.5 Å². The van der Waals surface area contributed by atoms with Gasteiger partial charge < -0.3 is 29.7 Å². The largest absolute Gasteiger partial charge is 0.488 e. The monoisotopic (exact) mass is 514 g/mol. The third-order valence-corrected chi connectivity index (χ3v) is 7.51. The average molecular weight is 515 g/mol. The first kappa shape index (κ1) is 24.6. The Hall–Kier alpha value is -3.04. The number of anilines is 1. The molecule has 36 heavy (non-hydrogen) atoms. The lowest BCUT2D eigenvalue weighted by Crippen LogP contribution is -2.56. The topological polar surface area (TPSA) is 104 Å². The Bertz CT molecular complexity index is 1130. The number of nitrogens with zero attached hydrogens (tertiary/aromatic N) is 3. The SMILES string of the molecule is CC(C)(O)C1CN(c2cnc(C(=O)NCc3ccc(Cl)cc3)cc2O[C@H]2CCN3C(=O)OC[C@@H]3C2)C1. The molecule has 4 heterocycles. The summed E-state index contributed by atoms with van der Waals surface area (Å²) in [6, 6.07) is 8.98. The molecule has 0 bridgehead atoms. The number of ether oxygens (including phenoxy) is 2. The molecule has 0 spiro atoms. The van der Waals surface area contributed by atoms with Crippen LogP contribution in [-0.2, 0) is 11.3 Å². The van der Waals surface area contributed by atoms with E-state index >= 15 is 0 Å². The third-order valence-electron chi connectivity index (χ3n) is 7.26. The Balaban J connectivity index is 1.31. The van der Waals surface area contributed by atoms with Crippen molar-refractivity contribution in [2.75, 3.05) is 31.1 Å². The van der Waals surface area contributed by atoms with E-state index < -0.39 is 5.60 Å². The predicted molar refractivity (Wildman–Crippen MR) is 134 cm³/mol. The number of carbonyl (C=O) groups is 2. The zero-order chi connectivity index (χ0) is 25.4. The molecule has 2 aromatic rings. The summed E-state index contributed by atoms with van der Waals surface area (Å²) in [7, 11) is 0. The Labute approximate surface area is 215 Å². The zero-order valence-corrected chi connectivity index (χ0v) is 21.2. The second-order valence-electron chi connectivity index (χ2n) is 10.3. The minimum atomic E-state index is -0.770. The highest BCUT2D eigenvalue weighted by molar-refractivity contribution is 6.30.